The maximum Gasteiger partial charge on any atom is 0.273 e. The molecule has 21 heavy (non-hydrogen) atoms. The first kappa shape index (κ1) is 14.9. The zero-order chi connectivity index (χ0) is 15.4. The van der Waals surface area contributed by atoms with Crippen LogP contribution in [0.2, 0.25) is 0 Å². The van der Waals surface area contributed by atoms with E-state index in [2.05, 4.69) is 0 Å². The Morgan fingerprint density at radius 1 is 1.19 bits per heavy atom. The van der Waals surface area contributed by atoms with Gasteiger partial charge in [-0.1, -0.05) is 12.1 Å². The van der Waals surface area contributed by atoms with E-state index in [1.165, 1.54) is 30.3 Å². The average molecular weight is 295 g/mol. The van der Waals surface area contributed by atoms with E-state index >= 15 is 0 Å². The summed E-state index contributed by atoms with van der Waals surface area (Å²) in [6.45, 7) is -0.244. The lowest BCUT2D eigenvalue weighted by Gasteiger charge is -2.12. The largest absolute Gasteiger partial charge is 0.490 e. The minimum absolute atomic E-state index is 0.144. The first-order valence-corrected chi connectivity index (χ1v) is 5.97. The number of nitrogens with zero attached hydrogens (tertiary/aromatic N) is 1. The molecule has 0 aliphatic heterocycles. The van der Waals surface area contributed by atoms with Gasteiger partial charge in [0.2, 0.25) is 0 Å². The summed E-state index contributed by atoms with van der Waals surface area (Å²) in [5, 5.41) is 20.4. The zero-order valence-electron chi connectivity index (χ0n) is 10.7. The third kappa shape index (κ3) is 3.73. The van der Waals surface area contributed by atoms with E-state index in [0.717, 1.165) is 12.1 Å². The Morgan fingerprint density at radius 2 is 1.95 bits per heavy atom. The van der Waals surface area contributed by atoms with Crippen molar-refractivity contribution in [2.75, 3.05) is 6.61 Å². The highest BCUT2D eigenvalue weighted by Gasteiger charge is 2.13. The fourth-order valence-electron chi connectivity index (χ4n) is 1.68. The van der Waals surface area contributed by atoms with Crippen molar-refractivity contribution >= 4 is 5.69 Å². The van der Waals surface area contributed by atoms with E-state index in [9.17, 15) is 24.0 Å². The first-order valence-electron chi connectivity index (χ1n) is 5.97. The van der Waals surface area contributed by atoms with Gasteiger partial charge in [-0.3, -0.25) is 10.1 Å². The monoisotopic (exact) mass is 295 g/mol. The molecule has 110 valence electrons. The van der Waals surface area contributed by atoms with Crippen LogP contribution in [0.3, 0.4) is 0 Å². The van der Waals surface area contributed by atoms with Gasteiger partial charge in [0, 0.05) is 6.07 Å². The molecule has 7 heteroatoms. The minimum atomic E-state index is -1.18. The second kappa shape index (κ2) is 6.27. The molecule has 0 fully saturated rings. The fourth-order valence-corrected chi connectivity index (χ4v) is 1.68. The van der Waals surface area contributed by atoms with Gasteiger partial charge < -0.3 is 9.84 Å². The molecular formula is C14H11F2NO4. The first-order chi connectivity index (χ1) is 9.97. The SMILES string of the molecule is O=[N+]([O-])c1cccc(OCC(O)c2ccc(F)c(F)c2)c1. The number of aliphatic hydroxyl groups is 1. The molecule has 0 aliphatic carbocycles. The van der Waals surface area contributed by atoms with Gasteiger partial charge in [0.15, 0.2) is 11.6 Å². The summed E-state index contributed by atoms with van der Waals surface area (Å²) in [6, 6.07) is 8.46. The van der Waals surface area contributed by atoms with E-state index in [0.29, 0.717) is 0 Å². The minimum Gasteiger partial charge on any atom is -0.490 e. The predicted octanol–water partition coefficient (Wildman–Crippen LogP) is 2.99. The Bertz CT molecular complexity index is 663. The van der Waals surface area contributed by atoms with Gasteiger partial charge in [-0.15, -0.1) is 0 Å². The molecule has 0 aliphatic rings. The van der Waals surface area contributed by atoms with Gasteiger partial charge in [0.1, 0.15) is 18.5 Å². The number of benzene rings is 2. The zero-order valence-corrected chi connectivity index (χ0v) is 10.7. The Kier molecular flexibility index (Phi) is 4.44. The number of hydrogen-bond acceptors (Lipinski definition) is 4. The van der Waals surface area contributed by atoms with Crippen molar-refractivity contribution in [1.29, 1.82) is 0 Å². The number of nitro groups is 1. The lowest BCUT2D eigenvalue weighted by atomic mass is 10.1. The quantitative estimate of drug-likeness (QED) is 0.680. The third-order valence-electron chi connectivity index (χ3n) is 2.76. The lowest BCUT2D eigenvalue weighted by molar-refractivity contribution is -0.384. The molecular weight excluding hydrogens is 284 g/mol. The van der Waals surface area contributed by atoms with Crippen LogP contribution in [0.1, 0.15) is 11.7 Å². The highest BCUT2D eigenvalue weighted by atomic mass is 19.2. The molecule has 2 rings (SSSR count). The molecule has 2 aromatic rings. The second-order valence-electron chi connectivity index (χ2n) is 4.25. The molecule has 0 aromatic heterocycles. The fraction of sp³-hybridized carbons (Fsp3) is 0.143. The molecule has 5 nitrogen and oxygen atoms in total. The number of nitro benzene ring substituents is 1. The van der Waals surface area contributed by atoms with Gasteiger partial charge in [-0.25, -0.2) is 8.78 Å². The topological polar surface area (TPSA) is 72.6 Å². The highest BCUT2D eigenvalue weighted by Crippen LogP contribution is 2.22. The van der Waals surface area contributed by atoms with Crippen LogP contribution in [0, 0.1) is 21.7 Å². The number of ether oxygens (including phenoxy) is 1. The van der Waals surface area contributed by atoms with Gasteiger partial charge in [-0.05, 0) is 23.8 Å². The molecule has 0 radical (unpaired) electrons. The standard InChI is InChI=1S/C14H11F2NO4/c15-12-5-4-9(6-13(12)16)14(18)8-21-11-3-1-2-10(7-11)17(19)20/h1-7,14,18H,8H2. The lowest BCUT2D eigenvalue weighted by Crippen LogP contribution is -2.10. The molecule has 0 amide bonds. The Labute approximate surface area is 118 Å². The van der Waals surface area contributed by atoms with Crippen LogP contribution in [0.4, 0.5) is 14.5 Å². The van der Waals surface area contributed by atoms with Crippen LogP contribution in [-0.2, 0) is 0 Å². The summed E-state index contributed by atoms with van der Waals surface area (Å²) in [5.74, 6) is -1.88. The van der Waals surface area contributed by atoms with E-state index < -0.39 is 22.7 Å². The van der Waals surface area contributed by atoms with Crippen molar-refractivity contribution in [3.8, 4) is 5.75 Å². The molecule has 1 N–H and O–H groups in total. The van der Waals surface area contributed by atoms with Gasteiger partial charge in [0.25, 0.3) is 5.69 Å². The summed E-state index contributed by atoms with van der Waals surface area (Å²) >= 11 is 0. The number of halogens is 2. The summed E-state index contributed by atoms with van der Waals surface area (Å²) in [5.41, 5.74) is 0.00847. The van der Waals surface area contributed by atoms with Crippen molar-refractivity contribution in [2.45, 2.75) is 6.10 Å². The number of rotatable bonds is 5. The smallest absolute Gasteiger partial charge is 0.273 e. The van der Waals surface area contributed by atoms with Gasteiger partial charge >= 0.3 is 0 Å². The van der Waals surface area contributed by atoms with Crippen molar-refractivity contribution in [1.82, 2.24) is 0 Å². The average Bonchev–Trinajstić information content (AvgIpc) is 2.48. The van der Waals surface area contributed by atoms with Crippen LogP contribution < -0.4 is 4.74 Å². The van der Waals surface area contributed by atoms with Crippen molar-refractivity contribution in [2.24, 2.45) is 0 Å². The molecule has 1 atom stereocenters. The molecule has 1 unspecified atom stereocenters. The molecule has 0 saturated heterocycles. The Morgan fingerprint density at radius 3 is 2.62 bits per heavy atom. The molecule has 0 bridgehead atoms. The van der Waals surface area contributed by atoms with Gasteiger partial charge in [0.05, 0.1) is 11.0 Å². The summed E-state index contributed by atoms with van der Waals surface area (Å²) < 4.78 is 31.0. The maximum atomic E-state index is 13.0. The number of hydrogen-bond donors (Lipinski definition) is 1. The van der Waals surface area contributed by atoms with Crippen LogP contribution in [0.25, 0.3) is 0 Å². The molecule has 0 saturated carbocycles. The summed E-state index contributed by atoms with van der Waals surface area (Å²) in [6.07, 6.45) is -1.18. The Hall–Kier alpha value is -2.54. The second-order valence-corrected chi connectivity index (χ2v) is 4.25. The van der Waals surface area contributed by atoms with Crippen LogP contribution in [0.5, 0.6) is 5.75 Å². The maximum absolute atomic E-state index is 13.0. The molecule has 0 heterocycles. The molecule has 0 spiro atoms. The van der Waals surface area contributed by atoms with E-state index in [-0.39, 0.29) is 23.6 Å². The van der Waals surface area contributed by atoms with Crippen LogP contribution >= 0.6 is 0 Å². The number of aliphatic hydroxyl groups excluding tert-OH is 1. The molecule has 2 aromatic carbocycles. The van der Waals surface area contributed by atoms with Crippen molar-refractivity contribution < 1.29 is 23.5 Å². The van der Waals surface area contributed by atoms with E-state index in [4.69, 9.17) is 4.74 Å². The van der Waals surface area contributed by atoms with Gasteiger partial charge in [-0.2, -0.15) is 0 Å². The normalized spacial score (nSPS) is 12.0. The van der Waals surface area contributed by atoms with Crippen LogP contribution in [-0.4, -0.2) is 16.6 Å². The highest BCUT2D eigenvalue weighted by molar-refractivity contribution is 5.38. The van der Waals surface area contributed by atoms with Crippen LogP contribution in [0.15, 0.2) is 42.5 Å². The number of non-ortho nitro benzene ring substituents is 1. The van der Waals surface area contributed by atoms with E-state index in [1.54, 1.807) is 0 Å². The third-order valence-corrected chi connectivity index (χ3v) is 2.76. The van der Waals surface area contributed by atoms with Crippen molar-refractivity contribution in [3.63, 3.8) is 0 Å². The van der Waals surface area contributed by atoms with E-state index in [1.807, 2.05) is 0 Å². The summed E-state index contributed by atoms with van der Waals surface area (Å²) in [4.78, 5) is 10.0. The van der Waals surface area contributed by atoms with Crippen molar-refractivity contribution in [3.05, 3.63) is 69.8 Å². The Balaban J connectivity index is 2.03. The summed E-state index contributed by atoms with van der Waals surface area (Å²) in [7, 11) is 0. The predicted molar refractivity (Wildman–Crippen MR) is 69.9 cm³/mol.